The van der Waals surface area contributed by atoms with Crippen LogP contribution in [0.15, 0.2) is 66.2 Å². The molecule has 6 heteroatoms. The number of nitrogens with one attached hydrogen (secondary N) is 1. The first kappa shape index (κ1) is 16.1. The number of hydrogen-bond acceptors (Lipinski definition) is 4. The SMILES string of the molecule is COc1ccc(N2C(=S)N[C@@H](c3ccccn3)[C@H]2c2cccs2)cc1. The van der Waals surface area contributed by atoms with Crippen molar-refractivity contribution >= 4 is 34.4 Å². The molecule has 0 bridgehead atoms. The van der Waals surface area contributed by atoms with Gasteiger partial charge in [0.1, 0.15) is 5.75 Å². The average molecular weight is 367 g/mol. The Morgan fingerprint density at radius 1 is 1.12 bits per heavy atom. The summed E-state index contributed by atoms with van der Waals surface area (Å²) in [5.41, 5.74) is 2.02. The molecule has 1 saturated heterocycles. The summed E-state index contributed by atoms with van der Waals surface area (Å²) in [5.74, 6) is 0.829. The van der Waals surface area contributed by atoms with Crippen LogP contribution in [0.1, 0.15) is 22.7 Å². The highest BCUT2D eigenvalue weighted by molar-refractivity contribution is 7.80. The van der Waals surface area contributed by atoms with Crippen molar-refractivity contribution in [1.82, 2.24) is 10.3 Å². The van der Waals surface area contributed by atoms with Gasteiger partial charge in [0.05, 0.1) is 24.9 Å². The third-order valence-corrected chi connectivity index (χ3v) is 5.54. The lowest BCUT2D eigenvalue weighted by atomic mass is 10.0. The lowest BCUT2D eigenvalue weighted by Gasteiger charge is -2.27. The van der Waals surface area contributed by atoms with E-state index in [0.29, 0.717) is 5.11 Å². The summed E-state index contributed by atoms with van der Waals surface area (Å²) in [6, 6.07) is 18.3. The molecule has 4 nitrogen and oxygen atoms in total. The lowest BCUT2D eigenvalue weighted by molar-refractivity contribution is 0.415. The first-order chi connectivity index (χ1) is 12.3. The molecule has 0 spiro atoms. The standard InChI is InChI=1S/C19H17N3OS2/c1-23-14-9-7-13(8-10-14)22-18(16-6-4-12-25-16)17(21-19(22)24)15-5-2-3-11-20-15/h2-12,17-18H,1H3,(H,21,24)/t17-,18+/m0/s1. The van der Waals surface area contributed by atoms with E-state index in [1.807, 2.05) is 48.7 Å². The highest BCUT2D eigenvalue weighted by atomic mass is 32.1. The number of thiophene rings is 1. The summed E-state index contributed by atoms with van der Waals surface area (Å²) >= 11 is 7.41. The zero-order valence-electron chi connectivity index (χ0n) is 13.6. The zero-order valence-corrected chi connectivity index (χ0v) is 15.3. The van der Waals surface area contributed by atoms with Gasteiger partial charge in [0.25, 0.3) is 0 Å². The fraction of sp³-hybridized carbons (Fsp3) is 0.158. The molecule has 4 rings (SSSR count). The van der Waals surface area contributed by atoms with Crippen molar-refractivity contribution < 1.29 is 4.74 Å². The minimum Gasteiger partial charge on any atom is -0.497 e. The molecule has 2 aromatic heterocycles. The maximum atomic E-state index is 5.67. The molecule has 1 aliphatic heterocycles. The zero-order chi connectivity index (χ0) is 17.2. The van der Waals surface area contributed by atoms with E-state index >= 15 is 0 Å². The molecular formula is C19H17N3OS2. The molecule has 1 aliphatic rings. The smallest absolute Gasteiger partial charge is 0.174 e. The summed E-state index contributed by atoms with van der Waals surface area (Å²) in [6.07, 6.45) is 1.82. The second-order valence-electron chi connectivity index (χ2n) is 5.71. The van der Waals surface area contributed by atoms with Crippen molar-refractivity contribution in [3.05, 3.63) is 76.7 Å². The van der Waals surface area contributed by atoms with Crippen LogP contribution in [0.5, 0.6) is 5.75 Å². The Kier molecular flexibility index (Phi) is 4.38. The first-order valence-corrected chi connectivity index (χ1v) is 9.25. The molecule has 25 heavy (non-hydrogen) atoms. The van der Waals surface area contributed by atoms with Gasteiger partial charge in [-0.1, -0.05) is 12.1 Å². The topological polar surface area (TPSA) is 37.4 Å². The maximum absolute atomic E-state index is 5.67. The minimum atomic E-state index is 0.00875. The Morgan fingerprint density at radius 2 is 1.96 bits per heavy atom. The second-order valence-corrected chi connectivity index (χ2v) is 7.08. The van der Waals surface area contributed by atoms with Crippen molar-refractivity contribution in [3.63, 3.8) is 0 Å². The van der Waals surface area contributed by atoms with E-state index < -0.39 is 0 Å². The molecule has 2 atom stereocenters. The molecule has 1 N–H and O–H groups in total. The average Bonchev–Trinajstić information content (AvgIpc) is 3.30. The Bertz CT molecular complexity index is 850. The first-order valence-electron chi connectivity index (χ1n) is 7.96. The monoisotopic (exact) mass is 367 g/mol. The van der Waals surface area contributed by atoms with Crippen LogP contribution in [0.2, 0.25) is 0 Å². The van der Waals surface area contributed by atoms with E-state index in [1.54, 1.807) is 18.4 Å². The van der Waals surface area contributed by atoms with Crippen LogP contribution in [0.3, 0.4) is 0 Å². The highest BCUT2D eigenvalue weighted by Gasteiger charge is 2.41. The highest BCUT2D eigenvalue weighted by Crippen LogP contribution is 2.43. The number of aromatic nitrogens is 1. The largest absolute Gasteiger partial charge is 0.497 e. The van der Waals surface area contributed by atoms with Crippen LogP contribution in [-0.2, 0) is 0 Å². The number of methoxy groups -OCH3 is 1. The van der Waals surface area contributed by atoms with Crippen molar-refractivity contribution in [2.24, 2.45) is 0 Å². The van der Waals surface area contributed by atoms with E-state index in [-0.39, 0.29) is 12.1 Å². The normalized spacial score (nSPS) is 19.7. The van der Waals surface area contributed by atoms with Gasteiger partial charge in [-0.25, -0.2) is 0 Å². The number of rotatable bonds is 4. The van der Waals surface area contributed by atoms with Crippen LogP contribution in [0, 0.1) is 0 Å². The molecule has 1 fully saturated rings. The molecule has 3 aromatic rings. The van der Waals surface area contributed by atoms with Crippen molar-refractivity contribution in [1.29, 1.82) is 0 Å². The summed E-state index contributed by atoms with van der Waals surface area (Å²) in [6.45, 7) is 0. The van der Waals surface area contributed by atoms with Crippen molar-refractivity contribution in [3.8, 4) is 5.75 Å². The van der Waals surface area contributed by atoms with Gasteiger partial charge in [-0.15, -0.1) is 11.3 Å². The third kappa shape index (κ3) is 2.99. The third-order valence-electron chi connectivity index (χ3n) is 4.28. The van der Waals surface area contributed by atoms with Gasteiger partial charge in [-0.05, 0) is 60.1 Å². The predicted octanol–water partition coefficient (Wildman–Crippen LogP) is 4.33. The Labute approximate surface area is 156 Å². The van der Waals surface area contributed by atoms with E-state index in [4.69, 9.17) is 17.0 Å². The maximum Gasteiger partial charge on any atom is 0.174 e. The van der Waals surface area contributed by atoms with Crippen LogP contribution in [0.4, 0.5) is 5.69 Å². The van der Waals surface area contributed by atoms with Gasteiger partial charge >= 0.3 is 0 Å². The van der Waals surface area contributed by atoms with Crippen molar-refractivity contribution in [2.45, 2.75) is 12.1 Å². The van der Waals surface area contributed by atoms with Gasteiger partial charge < -0.3 is 15.0 Å². The molecular weight excluding hydrogens is 350 g/mol. The van der Waals surface area contributed by atoms with Crippen molar-refractivity contribution in [2.75, 3.05) is 12.0 Å². The summed E-state index contributed by atoms with van der Waals surface area (Å²) in [7, 11) is 1.67. The molecule has 0 radical (unpaired) electrons. The predicted molar refractivity (Wildman–Crippen MR) is 105 cm³/mol. The number of benzene rings is 1. The number of thiocarbonyl (C=S) groups is 1. The van der Waals surface area contributed by atoms with Crippen LogP contribution >= 0.6 is 23.6 Å². The number of pyridine rings is 1. The summed E-state index contributed by atoms with van der Waals surface area (Å²) < 4.78 is 5.27. The lowest BCUT2D eigenvalue weighted by Crippen LogP contribution is -2.28. The summed E-state index contributed by atoms with van der Waals surface area (Å²) in [4.78, 5) is 7.96. The molecule has 0 unspecified atom stereocenters. The van der Waals surface area contributed by atoms with Crippen LogP contribution in [0.25, 0.3) is 0 Å². The van der Waals surface area contributed by atoms with Crippen LogP contribution in [-0.4, -0.2) is 17.2 Å². The molecule has 0 saturated carbocycles. The Hall–Kier alpha value is -2.44. The van der Waals surface area contributed by atoms with Gasteiger partial charge in [0, 0.05) is 16.8 Å². The summed E-state index contributed by atoms with van der Waals surface area (Å²) in [5, 5.41) is 6.26. The number of ether oxygens (including phenoxy) is 1. The number of anilines is 1. The molecule has 0 amide bonds. The van der Waals surface area contributed by atoms with Gasteiger partial charge in [0.15, 0.2) is 5.11 Å². The minimum absolute atomic E-state index is 0.00875. The van der Waals surface area contributed by atoms with E-state index in [2.05, 4.69) is 32.7 Å². The fourth-order valence-corrected chi connectivity index (χ4v) is 4.32. The second kappa shape index (κ2) is 6.82. The van der Waals surface area contributed by atoms with Gasteiger partial charge in [-0.2, -0.15) is 0 Å². The van der Waals surface area contributed by atoms with E-state index in [0.717, 1.165) is 17.1 Å². The Balaban J connectivity index is 1.77. The quantitative estimate of drug-likeness (QED) is 0.695. The van der Waals surface area contributed by atoms with Gasteiger partial charge in [0.2, 0.25) is 0 Å². The Morgan fingerprint density at radius 3 is 2.60 bits per heavy atom. The van der Waals surface area contributed by atoms with E-state index in [1.165, 1.54) is 4.88 Å². The molecule has 3 heterocycles. The van der Waals surface area contributed by atoms with E-state index in [9.17, 15) is 0 Å². The van der Waals surface area contributed by atoms with Gasteiger partial charge in [-0.3, -0.25) is 4.98 Å². The van der Waals surface area contributed by atoms with Crippen LogP contribution < -0.4 is 15.0 Å². The molecule has 1 aromatic carbocycles. The fourth-order valence-electron chi connectivity index (χ4n) is 3.12. The number of hydrogen-bond donors (Lipinski definition) is 1. The number of nitrogens with zero attached hydrogens (tertiary/aromatic N) is 2. The molecule has 126 valence electrons. The molecule has 0 aliphatic carbocycles.